The van der Waals surface area contributed by atoms with Crippen LogP contribution in [0.1, 0.15) is 25.7 Å². The lowest BCUT2D eigenvalue weighted by molar-refractivity contribution is -0.186. The van der Waals surface area contributed by atoms with Crippen molar-refractivity contribution >= 4 is 11.9 Å². The summed E-state index contributed by atoms with van der Waals surface area (Å²) >= 11 is 0. The van der Waals surface area contributed by atoms with E-state index in [4.69, 9.17) is 5.11 Å². The molecule has 1 amide bonds. The third kappa shape index (κ3) is 4.24. The number of alkyl halides is 3. The SMILES string of the molecule is O=C(O)CCC(=O)N1CCC(C(F)(F)F)CC1. The van der Waals surface area contributed by atoms with Gasteiger partial charge in [0.15, 0.2) is 0 Å². The smallest absolute Gasteiger partial charge is 0.391 e. The second-order valence-corrected chi connectivity index (χ2v) is 4.09. The van der Waals surface area contributed by atoms with Gasteiger partial charge in [0.2, 0.25) is 5.91 Å². The maximum atomic E-state index is 12.3. The van der Waals surface area contributed by atoms with Crippen molar-refractivity contribution in [3.63, 3.8) is 0 Å². The van der Waals surface area contributed by atoms with Crippen LogP contribution in [-0.4, -0.2) is 41.1 Å². The van der Waals surface area contributed by atoms with Crippen LogP contribution in [0.15, 0.2) is 0 Å². The van der Waals surface area contributed by atoms with Crippen molar-refractivity contribution in [1.29, 1.82) is 0 Å². The summed E-state index contributed by atoms with van der Waals surface area (Å²) in [5.41, 5.74) is 0. The summed E-state index contributed by atoms with van der Waals surface area (Å²) in [4.78, 5) is 23.0. The Balaban J connectivity index is 2.36. The average molecular weight is 253 g/mol. The zero-order valence-corrected chi connectivity index (χ0v) is 9.16. The Hall–Kier alpha value is -1.27. The fourth-order valence-corrected chi connectivity index (χ4v) is 1.83. The Labute approximate surface area is 96.4 Å². The van der Waals surface area contributed by atoms with E-state index in [0.717, 1.165) is 0 Å². The van der Waals surface area contributed by atoms with E-state index in [2.05, 4.69) is 0 Å². The molecule has 0 bridgehead atoms. The van der Waals surface area contributed by atoms with E-state index in [1.807, 2.05) is 0 Å². The zero-order valence-electron chi connectivity index (χ0n) is 9.16. The van der Waals surface area contributed by atoms with Crippen molar-refractivity contribution in [2.24, 2.45) is 5.92 Å². The minimum atomic E-state index is -4.20. The monoisotopic (exact) mass is 253 g/mol. The lowest BCUT2D eigenvalue weighted by atomic mass is 9.96. The molecule has 0 unspecified atom stereocenters. The molecule has 0 radical (unpaired) electrons. The van der Waals surface area contributed by atoms with Crippen molar-refractivity contribution in [2.45, 2.75) is 31.9 Å². The molecule has 0 atom stereocenters. The lowest BCUT2D eigenvalue weighted by Crippen LogP contribution is -2.42. The van der Waals surface area contributed by atoms with Gasteiger partial charge in [0.25, 0.3) is 0 Å². The second-order valence-electron chi connectivity index (χ2n) is 4.09. The molecule has 98 valence electrons. The van der Waals surface area contributed by atoms with Crippen LogP contribution in [0, 0.1) is 5.92 Å². The molecule has 1 N–H and O–H groups in total. The van der Waals surface area contributed by atoms with Crippen LogP contribution in [0.25, 0.3) is 0 Å². The fraction of sp³-hybridized carbons (Fsp3) is 0.800. The third-order valence-electron chi connectivity index (χ3n) is 2.86. The first-order valence-corrected chi connectivity index (χ1v) is 5.37. The van der Waals surface area contributed by atoms with Crippen LogP contribution in [0.2, 0.25) is 0 Å². The Kier molecular flexibility index (Phi) is 4.36. The molecule has 0 aromatic heterocycles. The van der Waals surface area contributed by atoms with Gasteiger partial charge in [-0.1, -0.05) is 0 Å². The number of carboxylic acid groups (broad SMARTS) is 1. The van der Waals surface area contributed by atoms with Crippen LogP contribution in [-0.2, 0) is 9.59 Å². The predicted octanol–water partition coefficient (Wildman–Crippen LogP) is 1.65. The van der Waals surface area contributed by atoms with E-state index >= 15 is 0 Å². The summed E-state index contributed by atoms with van der Waals surface area (Å²) in [7, 11) is 0. The van der Waals surface area contributed by atoms with E-state index in [1.54, 1.807) is 0 Å². The normalized spacial score (nSPS) is 18.2. The number of hydrogen-bond donors (Lipinski definition) is 1. The molecular weight excluding hydrogens is 239 g/mol. The fourth-order valence-electron chi connectivity index (χ4n) is 1.83. The molecule has 1 rings (SSSR count). The molecule has 1 aliphatic heterocycles. The van der Waals surface area contributed by atoms with Crippen molar-refractivity contribution in [2.75, 3.05) is 13.1 Å². The van der Waals surface area contributed by atoms with Gasteiger partial charge in [0, 0.05) is 19.5 Å². The van der Waals surface area contributed by atoms with Crippen LogP contribution in [0.4, 0.5) is 13.2 Å². The van der Waals surface area contributed by atoms with Gasteiger partial charge in [-0.05, 0) is 12.8 Å². The highest BCUT2D eigenvalue weighted by molar-refractivity contribution is 5.80. The molecule has 0 spiro atoms. The summed E-state index contributed by atoms with van der Waals surface area (Å²) < 4.78 is 37.0. The van der Waals surface area contributed by atoms with Gasteiger partial charge < -0.3 is 10.0 Å². The van der Waals surface area contributed by atoms with Crippen molar-refractivity contribution in [3.05, 3.63) is 0 Å². The third-order valence-corrected chi connectivity index (χ3v) is 2.86. The van der Waals surface area contributed by atoms with Gasteiger partial charge in [0.05, 0.1) is 12.3 Å². The second kappa shape index (κ2) is 5.37. The Morgan fingerprint density at radius 1 is 1.18 bits per heavy atom. The van der Waals surface area contributed by atoms with Gasteiger partial charge in [-0.3, -0.25) is 9.59 Å². The number of amides is 1. The molecule has 0 aromatic carbocycles. The van der Waals surface area contributed by atoms with Crippen LogP contribution in [0.5, 0.6) is 0 Å². The molecule has 0 aliphatic carbocycles. The summed E-state index contributed by atoms with van der Waals surface area (Å²) in [5, 5.41) is 8.39. The maximum absolute atomic E-state index is 12.3. The number of carboxylic acids is 1. The summed E-state index contributed by atoms with van der Waals surface area (Å²) in [6, 6.07) is 0. The number of aliphatic carboxylic acids is 1. The molecule has 1 saturated heterocycles. The molecular formula is C10H14F3NO3. The van der Waals surface area contributed by atoms with E-state index in [1.165, 1.54) is 4.90 Å². The average Bonchev–Trinajstić information content (AvgIpc) is 2.25. The number of likely N-dealkylation sites (tertiary alicyclic amines) is 1. The minimum absolute atomic E-state index is 0.0582. The standard InChI is InChI=1S/C10H14F3NO3/c11-10(12,13)7-3-5-14(6-4-7)8(15)1-2-9(16)17/h7H,1-6H2,(H,16,17). The van der Waals surface area contributed by atoms with Crippen LogP contribution < -0.4 is 0 Å². The minimum Gasteiger partial charge on any atom is -0.481 e. The maximum Gasteiger partial charge on any atom is 0.391 e. The van der Waals surface area contributed by atoms with E-state index in [0.29, 0.717) is 0 Å². The number of halogens is 3. The van der Waals surface area contributed by atoms with Crippen molar-refractivity contribution < 1.29 is 27.9 Å². The van der Waals surface area contributed by atoms with Crippen LogP contribution in [0.3, 0.4) is 0 Å². The number of carbonyl (C=O) groups is 2. The molecule has 0 saturated carbocycles. The Morgan fingerprint density at radius 2 is 1.71 bits per heavy atom. The summed E-state index contributed by atoms with van der Waals surface area (Å²) in [5.74, 6) is -2.80. The topological polar surface area (TPSA) is 57.6 Å². The highest BCUT2D eigenvalue weighted by Crippen LogP contribution is 2.34. The lowest BCUT2D eigenvalue weighted by Gasteiger charge is -2.32. The summed E-state index contributed by atoms with van der Waals surface area (Å²) in [6.07, 6.45) is -4.81. The van der Waals surface area contributed by atoms with Crippen molar-refractivity contribution in [1.82, 2.24) is 4.90 Å². The first kappa shape index (κ1) is 13.8. The van der Waals surface area contributed by atoms with Gasteiger partial charge in [-0.25, -0.2) is 0 Å². The van der Waals surface area contributed by atoms with Gasteiger partial charge in [-0.15, -0.1) is 0 Å². The highest BCUT2D eigenvalue weighted by atomic mass is 19.4. The molecule has 7 heteroatoms. The number of piperidine rings is 1. The van der Waals surface area contributed by atoms with E-state index < -0.39 is 18.1 Å². The number of rotatable bonds is 3. The number of hydrogen-bond acceptors (Lipinski definition) is 2. The van der Waals surface area contributed by atoms with Gasteiger partial charge in [0.1, 0.15) is 0 Å². The first-order chi connectivity index (χ1) is 7.80. The Morgan fingerprint density at radius 3 is 2.12 bits per heavy atom. The number of nitrogens with zero attached hydrogens (tertiary/aromatic N) is 1. The molecule has 0 aromatic rings. The summed E-state index contributed by atoms with van der Waals surface area (Å²) in [6.45, 7) is 0.116. The first-order valence-electron chi connectivity index (χ1n) is 5.37. The molecule has 4 nitrogen and oxygen atoms in total. The zero-order chi connectivity index (χ0) is 13.1. The highest BCUT2D eigenvalue weighted by Gasteiger charge is 2.41. The molecule has 1 heterocycles. The quantitative estimate of drug-likeness (QED) is 0.832. The predicted molar refractivity (Wildman–Crippen MR) is 52.2 cm³/mol. The van der Waals surface area contributed by atoms with E-state index in [-0.39, 0.29) is 44.7 Å². The molecule has 1 fully saturated rings. The van der Waals surface area contributed by atoms with Gasteiger partial charge in [-0.2, -0.15) is 13.2 Å². The molecule has 1 aliphatic rings. The van der Waals surface area contributed by atoms with Gasteiger partial charge >= 0.3 is 12.1 Å². The molecule has 17 heavy (non-hydrogen) atoms. The van der Waals surface area contributed by atoms with Crippen LogP contribution >= 0.6 is 0 Å². The largest absolute Gasteiger partial charge is 0.481 e. The Bertz CT molecular complexity index is 296. The van der Waals surface area contributed by atoms with E-state index in [9.17, 15) is 22.8 Å². The number of carbonyl (C=O) groups excluding carboxylic acids is 1. The van der Waals surface area contributed by atoms with Crippen molar-refractivity contribution in [3.8, 4) is 0 Å².